The molecule has 0 amide bonds. The van der Waals surface area contributed by atoms with Crippen LogP contribution in [0.4, 0.5) is 0 Å². The van der Waals surface area contributed by atoms with E-state index >= 15 is 0 Å². The first-order valence-electron chi connectivity index (χ1n) is 7.09. The molecule has 1 unspecified atom stereocenters. The zero-order valence-corrected chi connectivity index (χ0v) is 12.7. The zero-order valence-electron chi connectivity index (χ0n) is 12.7. The predicted octanol–water partition coefficient (Wildman–Crippen LogP) is 2.83. The number of benzene rings is 1. The molecule has 1 aromatic heterocycles. The molecule has 1 heterocycles. The average molecular weight is 273 g/mol. The van der Waals surface area contributed by atoms with E-state index in [0.29, 0.717) is 12.3 Å². The maximum Gasteiger partial charge on any atom is 0.138 e. The second-order valence-corrected chi connectivity index (χ2v) is 5.82. The molecule has 0 radical (unpaired) electrons. The lowest BCUT2D eigenvalue weighted by atomic mass is 10.0. The van der Waals surface area contributed by atoms with Crippen LogP contribution in [0, 0.1) is 19.8 Å². The molecule has 0 spiro atoms. The predicted molar refractivity (Wildman–Crippen MR) is 79.4 cm³/mol. The second-order valence-electron chi connectivity index (χ2n) is 5.82. The Hall–Kier alpha value is -1.68. The van der Waals surface area contributed by atoms with Gasteiger partial charge in [-0.3, -0.25) is 0 Å². The number of hydrogen-bond donors (Lipinski definition) is 1. The van der Waals surface area contributed by atoms with E-state index in [-0.39, 0.29) is 0 Å². The molecule has 2 rings (SSSR count). The van der Waals surface area contributed by atoms with Crippen molar-refractivity contribution in [1.82, 2.24) is 14.8 Å². The van der Waals surface area contributed by atoms with Crippen molar-refractivity contribution in [1.29, 1.82) is 0 Å². The van der Waals surface area contributed by atoms with Gasteiger partial charge >= 0.3 is 0 Å². The van der Waals surface area contributed by atoms with Crippen LogP contribution in [0.3, 0.4) is 0 Å². The van der Waals surface area contributed by atoms with E-state index in [1.165, 1.54) is 11.1 Å². The van der Waals surface area contributed by atoms with Crippen LogP contribution in [0.15, 0.2) is 24.5 Å². The number of aliphatic hydroxyl groups excluding tert-OH is 1. The van der Waals surface area contributed by atoms with E-state index in [4.69, 9.17) is 0 Å². The number of hydrogen-bond acceptors (Lipinski definition) is 3. The maximum absolute atomic E-state index is 10.4. The van der Waals surface area contributed by atoms with Gasteiger partial charge in [-0.25, -0.2) is 9.67 Å². The monoisotopic (exact) mass is 273 g/mol. The van der Waals surface area contributed by atoms with Crippen molar-refractivity contribution in [2.24, 2.45) is 5.92 Å². The smallest absolute Gasteiger partial charge is 0.138 e. The average Bonchev–Trinajstić information content (AvgIpc) is 2.79. The third-order valence-electron chi connectivity index (χ3n) is 3.53. The van der Waals surface area contributed by atoms with Gasteiger partial charge in [0.2, 0.25) is 0 Å². The number of rotatable bonds is 5. The summed E-state index contributed by atoms with van der Waals surface area (Å²) in [6.07, 6.45) is 1.52. The van der Waals surface area contributed by atoms with Crippen LogP contribution in [-0.2, 0) is 13.0 Å². The number of aromatic nitrogens is 3. The number of aliphatic hydroxyl groups is 1. The van der Waals surface area contributed by atoms with Crippen molar-refractivity contribution in [3.63, 3.8) is 0 Å². The molecule has 0 aliphatic heterocycles. The van der Waals surface area contributed by atoms with Crippen LogP contribution in [0.5, 0.6) is 0 Å². The van der Waals surface area contributed by atoms with Gasteiger partial charge in [0.1, 0.15) is 12.2 Å². The molecule has 1 N–H and O–H groups in total. The minimum Gasteiger partial charge on any atom is -0.388 e. The largest absolute Gasteiger partial charge is 0.388 e. The standard InChI is InChI=1S/C16H23N3O/c1-11(2)9-19-16(17-10-18-19)8-15(20)14-6-5-12(3)13(4)7-14/h5-7,10-11,15,20H,8-9H2,1-4H3. The van der Waals surface area contributed by atoms with Crippen LogP contribution >= 0.6 is 0 Å². The van der Waals surface area contributed by atoms with Crippen LogP contribution in [-0.4, -0.2) is 19.9 Å². The van der Waals surface area contributed by atoms with Gasteiger partial charge in [0, 0.05) is 13.0 Å². The molecule has 4 nitrogen and oxygen atoms in total. The zero-order chi connectivity index (χ0) is 14.7. The van der Waals surface area contributed by atoms with Crippen molar-refractivity contribution in [3.8, 4) is 0 Å². The lowest BCUT2D eigenvalue weighted by molar-refractivity contribution is 0.173. The lowest BCUT2D eigenvalue weighted by Gasteiger charge is -2.14. The van der Waals surface area contributed by atoms with Crippen LogP contribution in [0.25, 0.3) is 0 Å². The molecule has 1 atom stereocenters. The van der Waals surface area contributed by atoms with Crippen molar-refractivity contribution in [2.45, 2.75) is 46.8 Å². The highest BCUT2D eigenvalue weighted by atomic mass is 16.3. The number of aryl methyl sites for hydroxylation is 2. The van der Waals surface area contributed by atoms with Gasteiger partial charge in [0.15, 0.2) is 0 Å². The van der Waals surface area contributed by atoms with E-state index in [9.17, 15) is 5.11 Å². The molecule has 0 aliphatic carbocycles. The molecule has 4 heteroatoms. The molecular weight excluding hydrogens is 250 g/mol. The van der Waals surface area contributed by atoms with Crippen molar-refractivity contribution in [2.75, 3.05) is 0 Å². The van der Waals surface area contributed by atoms with Gasteiger partial charge in [0.05, 0.1) is 6.10 Å². The van der Waals surface area contributed by atoms with Gasteiger partial charge in [-0.05, 0) is 36.5 Å². The minimum atomic E-state index is -0.538. The molecule has 0 aliphatic rings. The van der Waals surface area contributed by atoms with Crippen LogP contribution in [0.1, 0.15) is 42.5 Å². The van der Waals surface area contributed by atoms with E-state index in [1.54, 1.807) is 6.33 Å². The first-order chi connectivity index (χ1) is 9.47. The Morgan fingerprint density at radius 3 is 2.60 bits per heavy atom. The van der Waals surface area contributed by atoms with Gasteiger partial charge in [-0.15, -0.1) is 0 Å². The molecular formula is C16H23N3O. The van der Waals surface area contributed by atoms with Gasteiger partial charge in [0.25, 0.3) is 0 Å². The summed E-state index contributed by atoms with van der Waals surface area (Å²) in [7, 11) is 0. The summed E-state index contributed by atoms with van der Waals surface area (Å²) in [6, 6.07) is 6.08. The summed E-state index contributed by atoms with van der Waals surface area (Å²) in [5.74, 6) is 1.35. The fourth-order valence-electron chi connectivity index (χ4n) is 2.21. The summed E-state index contributed by atoms with van der Waals surface area (Å²) in [5, 5.41) is 14.6. The molecule has 2 aromatic rings. The quantitative estimate of drug-likeness (QED) is 0.911. The summed E-state index contributed by atoms with van der Waals surface area (Å²) in [4.78, 5) is 4.27. The fourth-order valence-corrected chi connectivity index (χ4v) is 2.21. The first kappa shape index (κ1) is 14.7. The maximum atomic E-state index is 10.4. The second kappa shape index (κ2) is 6.18. The SMILES string of the molecule is Cc1ccc(C(O)Cc2ncnn2CC(C)C)cc1C. The number of nitrogens with zero attached hydrogens (tertiary/aromatic N) is 3. The van der Waals surface area contributed by atoms with E-state index in [2.05, 4.69) is 37.8 Å². The summed E-state index contributed by atoms with van der Waals surface area (Å²) >= 11 is 0. The Kier molecular flexibility index (Phi) is 4.55. The Morgan fingerprint density at radius 1 is 1.20 bits per heavy atom. The van der Waals surface area contributed by atoms with Gasteiger partial charge in [-0.1, -0.05) is 32.0 Å². The molecule has 0 fully saturated rings. The van der Waals surface area contributed by atoms with Crippen LogP contribution in [0.2, 0.25) is 0 Å². The van der Waals surface area contributed by atoms with Crippen LogP contribution < -0.4 is 0 Å². The summed E-state index contributed by atoms with van der Waals surface area (Å²) in [6.45, 7) is 9.25. The van der Waals surface area contributed by atoms with E-state index in [1.807, 2.05) is 22.9 Å². The van der Waals surface area contributed by atoms with Gasteiger partial charge in [-0.2, -0.15) is 5.10 Å². The normalized spacial score (nSPS) is 12.9. The van der Waals surface area contributed by atoms with Gasteiger partial charge < -0.3 is 5.11 Å². The summed E-state index contributed by atoms with van der Waals surface area (Å²) in [5.41, 5.74) is 3.38. The minimum absolute atomic E-state index is 0.495. The third-order valence-corrected chi connectivity index (χ3v) is 3.53. The Bertz CT molecular complexity index is 575. The Morgan fingerprint density at radius 2 is 1.95 bits per heavy atom. The first-order valence-corrected chi connectivity index (χ1v) is 7.09. The fraction of sp³-hybridized carbons (Fsp3) is 0.500. The molecule has 20 heavy (non-hydrogen) atoms. The Labute approximate surface area is 120 Å². The Balaban J connectivity index is 2.13. The topological polar surface area (TPSA) is 50.9 Å². The highest BCUT2D eigenvalue weighted by Crippen LogP contribution is 2.20. The molecule has 0 bridgehead atoms. The van der Waals surface area contributed by atoms with E-state index in [0.717, 1.165) is 17.9 Å². The highest BCUT2D eigenvalue weighted by Gasteiger charge is 2.14. The molecule has 108 valence electrons. The molecule has 1 aromatic carbocycles. The molecule has 0 saturated heterocycles. The van der Waals surface area contributed by atoms with E-state index < -0.39 is 6.10 Å². The van der Waals surface area contributed by atoms with Crippen molar-refractivity contribution >= 4 is 0 Å². The summed E-state index contributed by atoms with van der Waals surface area (Å²) < 4.78 is 1.88. The highest BCUT2D eigenvalue weighted by molar-refractivity contribution is 5.31. The third kappa shape index (κ3) is 3.45. The lowest BCUT2D eigenvalue weighted by Crippen LogP contribution is -2.13. The molecule has 0 saturated carbocycles. The van der Waals surface area contributed by atoms with Crippen molar-refractivity contribution < 1.29 is 5.11 Å². The van der Waals surface area contributed by atoms with Crippen molar-refractivity contribution in [3.05, 3.63) is 47.0 Å².